The monoisotopic (exact) mass is 193 g/mol. The van der Waals surface area contributed by atoms with Crippen molar-refractivity contribution in [3.05, 3.63) is 17.8 Å². The van der Waals surface area contributed by atoms with E-state index in [1.165, 1.54) is 6.92 Å². The summed E-state index contributed by atoms with van der Waals surface area (Å²) in [6.07, 6.45) is 0. The third-order valence-electron chi connectivity index (χ3n) is 1.94. The Kier molecular flexibility index (Phi) is 3.06. The Balaban J connectivity index is 3.20. The van der Waals surface area contributed by atoms with Crippen molar-refractivity contribution < 1.29 is 4.79 Å². The second-order valence-corrected chi connectivity index (χ2v) is 3.30. The predicted octanol–water partition coefficient (Wildman–Crippen LogP) is 1.39. The molecule has 0 atom stereocenters. The van der Waals surface area contributed by atoms with Crippen LogP contribution in [0.15, 0.2) is 12.1 Å². The Morgan fingerprint density at radius 2 is 2.07 bits per heavy atom. The van der Waals surface area contributed by atoms with Gasteiger partial charge < -0.3 is 10.2 Å². The number of carbonyl (C=O) groups excluding carboxylic acids is 1. The zero-order valence-electron chi connectivity index (χ0n) is 8.96. The number of Topliss-reactive ketones (excluding diaryl/α,β-unsaturated/α-hetero) is 1. The molecule has 1 aromatic heterocycles. The van der Waals surface area contributed by atoms with Crippen LogP contribution < -0.4 is 10.2 Å². The highest BCUT2D eigenvalue weighted by Crippen LogP contribution is 2.17. The van der Waals surface area contributed by atoms with Gasteiger partial charge in [0.2, 0.25) is 0 Å². The minimum Gasteiger partial charge on any atom is -0.377 e. The molecule has 0 aliphatic heterocycles. The maximum atomic E-state index is 11.2. The zero-order valence-corrected chi connectivity index (χ0v) is 8.96. The van der Waals surface area contributed by atoms with Crippen molar-refractivity contribution in [2.24, 2.45) is 0 Å². The number of carbonyl (C=O) groups is 1. The minimum absolute atomic E-state index is 0.0230. The number of ketones is 1. The summed E-state index contributed by atoms with van der Waals surface area (Å²) in [6, 6.07) is 3.68. The van der Waals surface area contributed by atoms with Crippen LogP contribution in [0, 0.1) is 0 Å². The van der Waals surface area contributed by atoms with Crippen LogP contribution in [0.25, 0.3) is 0 Å². The van der Waals surface area contributed by atoms with Crippen LogP contribution in [0.4, 0.5) is 11.5 Å². The molecule has 0 amide bonds. The third-order valence-corrected chi connectivity index (χ3v) is 1.94. The summed E-state index contributed by atoms with van der Waals surface area (Å²) >= 11 is 0. The van der Waals surface area contributed by atoms with E-state index in [-0.39, 0.29) is 5.78 Å². The minimum atomic E-state index is -0.0230. The van der Waals surface area contributed by atoms with Crippen molar-refractivity contribution in [3.63, 3.8) is 0 Å². The Hall–Kier alpha value is -1.58. The van der Waals surface area contributed by atoms with Crippen molar-refractivity contribution in [2.75, 3.05) is 31.4 Å². The number of nitrogens with one attached hydrogen (secondary N) is 1. The Labute approximate surface area is 83.9 Å². The Morgan fingerprint density at radius 1 is 1.43 bits per heavy atom. The van der Waals surface area contributed by atoms with Crippen LogP contribution in [0.5, 0.6) is 0 Å². The van der Waals surface area contributed by atoms with Gasteiger partial charge in [-0.05, 0) is 6.07 Å². The number of aromatic nitrogens is 1. The van der Waals surface area contributed by atoms with Crippen molar-refractivity contribution in [3.8, 4) is 0 Å². The summed E-state index contributed by atoms with van der Waals surface area (Å²) in [5, 5.41) is 2.93. The summed E-state index contributed by atoms with van der Waals surface area (Å²) in [7, 11) is 5.64. The normalized spacial score (nSPS) is 9.71. The molecule has 4 heteroatoms. The van der Waals surface area contributed by atoms with Gasteiger partial charge in [-0.25, -0.2) is 4.98 Å². The van der Waals surface area contributed by atoms with E-state index >= 15 is 0 Å². The molecule has 1 aromatic rings. The molecule has 0 aliphatic rings. The van der Waals surface area contributed by atoms with E-state index < -0.39 is 0 Å². The van der Waals surface area contributed by atoms with E-state index in [0.29, 0.717) is 11.5 Å². The van der Waals surface area contributed by atoms with Crippen LogP contribution in [0.1, 0.15) is 17.4 Å². The van der Waals surface area contributed by atoms with Gasteiger partial charge in [-0.3, -0.25) is 4.79 Å². The fourth-order valence-corrected chi connectivity index (χ4v) is 1.08. The molecule has 0 unspecified atom stereocenters. The van der Waals surface area contributed by atoms with Crippen LogP contribution in [0.3, 0.4) is 0 Å². The van der Waals surface area contributed by atoms with Gasteiger partial charge in [-0.15, -0.1) is 0 Å². The maximum absolute atomic E-state index is 11.2. The van der Waals surface area contributed by atoms with Gasteiger partial charge in [0.1, 0.15) is 11.5 Å². The fraction of sp³-hybridized carbons (Fsp3) is 0.400. The summed E-state index contributed by atoms with van der Waals surface area (Å²) in [5.41, 5.74) is 1.45. The van der Waals surface area contributed by atoms with Crippen molar-refractivity contribution in [2.45, 2.75) is 6.92 Å². The second-order valence-electron chi connectivity index (χ2n) is 3.30. The predicted molar refractivity (Wildman–Crippen MR) is 58.1 cm³/mol. The molecule has 0 aliphatic carbocycles. The molecule has 1 rings (SSSR count). The first-order valence-corrected chi connectivity index (χ1v) is 4.42. The summed E-state index contributed by atoms with van der Waals surface area (Å²) in [6.45, 7) is 1.52. The molecular formula is C10H15N3O. The topological polar surface area (TPSA) is 45.2 Å². The molecular weight excluding hydrogens is 178 g/mol. The largest absolute Gasteiger partial charge is 0.377 e. The second kappa shape index (κ2) is 4.09. The molecule has 0 spiro atoms. The lowest BCUT2D eigenvalue weighted by Crippen LogP contribution is -2.11. The van der Waals surface area contributed by atoms with Gasteiger partial charge in [-0.1, -0.05) is 0 Å². The quantitative estimate of drug-likeness (QED) is 0.737. The number of anilines is 2. The molecule has 0 radical (unpaired) electrons. The number of hydrogen-bond acceptors (Lipinski definition) is 4. The molecule has 0 saturated carbocycles. The summed E-state index contributed by atoms with van der Waals surface area (Å²) < 4.78 is 0. The highest BCUT2D eigenvalue weighted by molar-refractivity contribution is 5.93. The summed E-state index contributed by atoms with van der Waals surface area (Å²) in [4.78, 5) is 17.3. The van der Waals surface area contributed by atoms with Gasteiger partial charge in [0.15, 0.2) is 5.78 Å². The first-order chi connectivity index (χ1) is 6.54. The van der Waals surface area contributed by atoms with E-state index in [4.69, 9.17) is 0 Å². The third kappa shape index (κ3) is 2.22. The number of rotatable bonds is 3. The smallest absolute Gasteiger partial charge is 0.178 e. The van der Waals surface area contributed by atoms with Crippen molar-refractivity contribution in [1.82, 2.24) is 4.98 Å². The highest BCUT2D eigenvalue weighted by atomic mass is 16.1. The maximum Gasteiger partial charge on any atom is 0.178 e. The van der Waals surface area contributed by atoms with Crippen LogP contribution in [-0.2, 0) is 0 Å². The van der Waals surface area contributed by atoms with Crippen LogP contribution in [-0.4, -0.2) is 31.9 Å². The van der Waals surface area contributed by atoms with E-state index in [1.54, 1.807) is 13.1 Å². The number of nitrogens with zero attached hydrogens (tertiary/aromatic N) is 2. The first-order valence-electron chi connectivity index (χ1n) is 4.42. The lowest BCUT2D eigenvalue weighted by Gasteiger charge is -2.14. The lowest BCUT2D eigenvalue weighted by atomic mass is 10.2. The molecule has 0 saturated heterocycles. The van der Waals surface area contributed by atoms with Gasteiger partial charge >= 0.3 is 0 Å². The average Bonchev–Trinajstić information content (AvgIpc) is 2.16. The van der Waals surface area contributed by atoms with E-state index in [0.717, 1.165) is 5.69 Å². The molecule has 1 heterocycles. The molecule has 1 N–H and O–H groups in total. The van der Waals surface area contributed by atoms with E-state index in [1.807, 2.05) is 25.1 Å². The zero-order chi connectivity index (χ0) is 10.7. The highest BCUT2D eigenvalue weighted by Gasteiger charge is 2.06. The Bertz CT molecular complexity index is 347. The first kappa shape index (κ1) is 10.5. The molecule has 4 nitrogen and oxygen atoms in total. The Morgan fingerprint density at radius 3 is 2.50 bits per heavy atom. The van der Waals surface area contributed by atoms with Gasteiger partial charge in [-0.2, -0.15) is 0 Å². The molecule has 0 bridgehead atoms. The van der Waals surface area contributed by atoms with Gasteiger partial charge in [0.05, 0.1) is 0 Å². The van der Waals surface area contributed by atoms with Gasteiger partial charge in [0, 0.05) is 39.8 Å². The molecule has 0 aromatic carbocycles. The van der Waals surface area contributed by atoms with Crippen molar-refractivity contribution >= 4 is 17.3 Å². The van der Waals surface area contributed by atoms with Gasteiger partial charge in [0.25, 0.3) is 0 Å². The SMILES string of the molecule is CNc1cc(N(C)C)cc(C(C)=O)n1. The van der Waals surface area contributed by atoms with E-state index in [9.17, 15) is 4.79 Å². The molecule has 14 heavy (non-hydrogen) atoms. The standard InChI is InChI=1S/C10H15N3O/c1-7(14)9-5-8(13(3)4)6-10(11-2)12-9/h5-6H,1-4H3,(H,11,12). The molecule has 76 valence electrons. The summed E-state index contributed by atoms with van der Waals surface area (Å²) in [5.74, 6) is 0.687. The van der Waals surface area contributed by atoms with E-state index in [2.05, 4.69) is 10.3 Å². The fourth-order valence-electron chi connectivity index (χ4n) is 1.08. The average molecular weight is 193 g/mol. The lowest BCUT2D eigenvalue weighted by molar-refractivity contribution is 0.101. The van der Waals surface area contributed by atoms with Crippen molar-refractivity contribution in [1.29, 1.82) is 0 Å². The van der Waals surface area contributed by atoms with Crippen LogP contribution in [0.2, 0.25) is 0 Å². The van der Waals surface area contributed by atoms with Crippen LogP contribution >= 0.6 is 0 Å². The number of hydrogen-bond donors (Lipinski definition) is 1. The molecule has 0 fully saturated rings. The number of pyridine rings is 1.